The third kappa shape index (κ3) is 5.53. The Kier molecular flexibility index (Phi) is 6.92. The number of anilines is 1. The molecule has 0 heterocycles. The van der Waals surface area contributed by atoms with E-state index >= 15 is 0 Å². The van der Waals surface area contributed by atoms with Crippen molar-refractivity contribution in [3.63, 3.8) is 0 Å². The molecule has 0 unspecified atom stereocenters. The van der Waals surface area contributed by atoms with Gasteiger partial charge in [0.25, 0.3) is 5.91 Å². The van der Waals surface area contributed by atoms with Crippen LogP contribution in [-0.2, 0) is 15.7 Å². The molecule has 0 fully saturated rings. The fourth-order valence-electron chi connectivity index (χ4n) is 2.39. The van der Waals surface area contributed by atoms with Crippen molar-refractivity contribution in [1.29, 1.82) is 0 Å². The molecule has 0 aliphatic carbocycles. The van der Waals surface area contributed by atoms with Crippen LogP contribution in [0.1, 0.15) is 15.9 Å². The summed E-state index contributed by atoms with van der Waals surface area (Å²) in [5, 5.41) is 2.47. The maximum atomic E-state index is 12.7. The largest absolute Gasteiger partial charge is 0.493 e. The van der Waals surface area contributed by atoms with Gasteiger partial charge in [-0.05, 0) is 18.2 Å². The summed E-state index contributed by atoms with van der Waals surface area (Å²) >= 11 is 0. The summed E-state index contributed by atoms with van der Waals surface area (Å²) in [5.74, 6) is -0.856. The number of carbonyl (C=O) groups excluding carboxylic acids is 2. The zero-order valence-corrected chi connectivity index (χ0v) is 15.8. The lowest BCUT2D eigenvalue weighted by atomic mass is 10.1. The maximum absolute atomic E-state index is 12.7. The molecule has 2 aromatic rings. The van der Waals surface area contributed by atoms with E-state index in [1.807, 2.05) is 0 Å². The van der Waals surface area contributed by atoms with Crippen molar-refractivity contribution in [3.05, 3.63) is 47.5 Å². The van der Waals surface area contributed by atoms with Gasteiger partial charge in [-0.15, -0.1) is 0 Å². The third-order valence-electron chi connectivity index (χ3n) is 3.71. The molecule has 1 amide bonds. The highest BCUT2D eigenvalue weighted by molar-refractivity contribution is 5.96. The average molecular weight is 413 g/mol. The van der Waals surface area contributed by atoms with Crippen LogP contribution in [0.15, 0.2) is 36.4 Å². The Hall–Kier alpha value is -3.43. The predicted molar refractivity (Wildman–Crippen MR) is 96.5 cm³/mol. The second kappa shape index (κ2) is 9.18. The van der Waals surface area contributed by atoms with Crippen LogP contribution in [0.25, 0.3) is 0 Å². The number of nitrogens with one attached hydrogen (secondary N) is 1. The Morgan fingerprint density at radius 3 is 2.10 bits per heavy atom. The van der Waals surface area contributed by atoms with E-state index in [4.69, 9.17) is 18.9 Å². The lowest BCUT2D eigenvalue weighted by molar-refractivity contribution is -0.137. The lowest BCUT2D eigenvalue weighted by Crippen LogP contribution is -2.21. The molecule has 0 spiro atoms. The first-order valence-corrected chi connectivity index (χ1v) is 8.13. The van der Waals surface area contributed by atoms with Gasteiger partial charge < -0.3 is 24.3 Å². The molecule has 1 N–H and O–H groups in total. The molecule has 0 saturated heterocycles. The molecule has 0 aliphatic heterocycles. The highest BCUT2D eigenvalue weighted by Gasteiger charge is 2.31. The Bertz CT molecular complexity index is 873. The van der Waals surface area contributed by atoms with Gasteiger partial charge in [0, 0.05) is 17.8 Å². The molecule has 2 aromatic carbocycles. The molecule has 0 aliphatic rings. The minimum absolute atomic E-state index is 0.277. The smallest absolute Gasteiger partial charge is 0.416 e. The van der Waals surface area contributed by atoms with Gasteiger partial charge >= 0.3 is 12.1 Å². The molecule has 7 nitrogen and oxygen atoms in total. The first-order chi connectivity index (χ1) is 13.7. The van der Waals surface area contributed by atoms with E-state index in [-0.39, 0.29) is 11.3 Å². The number of hydrogen-bond donors (Lipinski definition) is 1. The Labute approximate surface area is 164 Å². The monoisotopic (exact) mass is 413 g/mol. The molecule has 0 saturated carbocycles. The number of carbonyl (C=O) groups is 2. The standard InChI is InChI=1S/C19H18F3NO6/c1-26-14-8-13(9-15(27-2)17(14)28-3)23-16(24)10-29-18(25)11-5-4-6-12(7-11)19(20,21)22/h4-9H,10H2,1-3H3,(H,23,24). The highest BCUT2D eigenvalue weighted by atomic mass is 19.4. The molecule has 10 heteroatoms. The minimum atomic E-state index is -4.60. The van der Waals surface area contributed by atoms with E-state index in [0.29, 0.717) is 23.3 Å². The summed E-state index contributed by atoms with van der Waals surface area (Å²) in [4.78, 5) is 24.0. The summed E-state index contributed by atoms with van der Waals surface area (Å²) in [6, 6.07) is 6.65. The fraction of sp³-hybridized carbons (Fsp3) is 0.263. The zero-order valence-electron chi connectivity index (χ0n) is 15.8. The van der Waals surface area contributed by atoms with Gasteiger partial charge in [-0.1, -0.05) is 6.07 Å². The molecule has 2 rings (SSSR count). The molecule has 0 bridgehead atoms. The molecule has 0 radical (unpaired) electrons. The molecule has 156 valence electrons. The Morgan fingerprint density at radius 2 is 1.59 bits per heavy atom. The van der Waals surface area contributed by atoms with Crippen molar-refractivity contribution in [1.82, 2.24) is 0 Å². The number of amides is 1. The number of benzene rings is 2. The van der Waals surface area contributed by atoms with Crippen LogP contribution < -0.4 is 19.5 Å². The summed E-state index contributed by atoms with van der Waals surface area (Å²) in [6.07, 6.45) is -4.60. The van der Waals surface area contributed by atoms with Gasteiger partial charge in [0.1, 0.15) is 0 Å². The third-order valence-corrected chi connectivity index (χ3v) is 3.71. The normalized spacial score (nSPS) is 10.8. The predicted octanol–water partition coefficient (Wildman–Crippen LogP) is 3.53. The minimum Gasteiger partial charge on any atom is -0.493 e. The van der Waals surface area contributed by atoms with Gasteiger partial charge in [-0.2, -0.15) is 13.2 Å². The molecule has 0 atom stereocenters. The summed E-state index contributed by atoms with van der Waals surface area (Å²) in [7, 11) is 4.23. The number of ether oxygens (including phenoxy) is 4. The van der Waals surface area contributed by atoms with Crippen molar-refractivity contribution in [2.45, 2.75) is 6.18 Å². The van der Waals surface area contributed by atoms with Crippen LogP contribution in [0.5, 0.6) is 17.2 Å². The van der Waals surface area contributed by atoms with Crippen LogP contribution in [-0.4, -0.2) is 39.8 Å². The molecular formula is C19H18F3NO6. The molecule has 0 aromatic heterocycles. The van der Waals surface area contributed by atoms with Crippen molar-refractivity contribution in [2.24, 2.45) is 0 Å². The van der Waals surface area contributed by atoms with Crippen molar-refractivity contribution in [3.8, 4) is 17.2 Å². The fourth-order valence-corrected chi connectivity index (χ4v) is 2.39. The van der Waals surface area contributed by atoms with Gasteiger partial charge in [-0.25, -0.2) is 4.79 Å². The Balaban J connectivity index is 2.04. The number of halogens is 3. The molecule has 29 heavy (non-hydrogen) atoms. The summed E-state index contributed by atoms with van der Waals surface area (Å²) in [6.45, 7) is -0.703. The van der Waals surface area contributed by atoms with E-state index in [2.05, 4.69) is 5.32 Å². The maximum Gasteiger partial charge on any atom is 0.416 e. The number of alkyl halides is 3. The van der Waals surface area contributed by atoms with Gasteiger partial charge in [-0.3, -0.25) is 4.79 Å². The van der Waals surface area contributed by atoms with Crippen molar-refractivity contribution >= 4 is 17.6 Å². The highest BCUT2D eigenvalue weighted by Crippen LogP contribution is 2.39. The van der Waals surface area contributed by atoms with E-state index in [1.54, 1.807) is 0 Å². The van der Waals surface area contributed by atoms with Gasteiger partial charge in [0.2, 0.25) is 5.75 Å². The zero-order chi connectivity index (χ0) is 21.6. The van der Waals surface area contributed by atoms with E-state index in [9.17, 15) is 22.8 Å². The topological polar surface area (TPSA) is 83.1 Å². The van der Waals surface area contributed by atoms with Crippen LogP contribution in [0.4, 0.5) is 18.9 Å². The number of esters is 1. The van der Waals surface area contributed by atoms with E-state index < -0.39 is 30.2 Å². The summed E-state index contributed by atoms with van der Waals surface area (Å²) in [5.41, 5.74) is -1.03. The second-order valence-electron chi connectivity index (χ2n) is 5.62. The van der Waals surface area contributed by atoms with E-state index in [1.165, 1.54) is 33.5 Å². The molecular weight excluding hydrogens is 395 g/mol. The average Bonchev–Trinajstić information content (AvgIpc) is 2.70. The van der Waals surface area contributed by atoms with Gasteiger partial charge in [0.05, 0.1) is 32.5 Å². The number of rotatable bonds is 7. The lowest BCUT2D eigenvalue weighted by Gasteiger charge is -2.14. The SMILES string of the molecule is COc1cc(NC(=O)COC(=O)c2cccc(C(F)(F)F)c2)cc(OC)c1OC. The van der Waals surface area contributed by atoms with Crippen LogP contribution in [0, 0.1) is 0 Å². The van der Waals surface area contributed by atoms with Crippen molar-refractivity contribution < 1.29 is 41.7 Å². The Morgan fingerprint density at radius 1 is 0.966 bits per heavy atom. The first kappa shape index (κ1) is 21.9. The van der Waals surface area contributed by atoms with Gasteiger partial charge in [0.15, 0.2) is 18.1 Å². The number of methoxy groups -OCH3 is 3. The number of hydrogen-bond acceptors (Lipinski definition) is 6. The van der Waals surface area contributed by atoms with Crippen molar-refractivity contribution in [2.75, 3.05) is 33.3 Å². The summed E-state index contributed by atoms with van der Waals surface area (Å²) < 4.78 is 58.4. The first-order valence-electron chi connectivity index (χ1n) is 8.13. The van der Waals surface area contributed by atoms with Crippen LogP contribution in [0.2, 0.25) is 0 Å². The second-order valence-corrected chi connectivity index (χ2v) is 5.62. The van der Waals surface area contributed by atoms with E-state index in [0.717, 1.165) is 18.2 Å². The van der Waals surface area contributed by atoms with Crippen LogP contribution in [0.3, 0.4) is 0 Å². The quantitative estimate of drug-likeness (QED) is 0.700. The van der Waals surface area contributed by atoms with Crippen LogP contribution >= 0.6 is 0 Å².